The molecule has 2 N–H and O–H groups in total. The molecule has 0 aliphatic carbocycles. The smallest absolute Gasteiger partial charge is 0.226 e. The Morgan fingerprint density at radius 3 is 2.65 bits per heavy atom. The third-order valence-electron chi connectivity index (χ3n) is 5.30. The molecule has 0 unspecified atom stereocenters. The number of carbonyl (C=O) groups is 1. The number of aromatic amines is 1. The molecule has 34 heavy (non-hydrogen) atoms. The maximum Gasteiger partial charge on any atom is 0.226 e. The predicted octanol–water partition coefficient (Wildman–Crippen LogP) is 5.41. The van der Waals surface area contributed by atoms with Crippen LogP contribution in [0.5, 0.6) is 5.75 Å². The number of anilines is 1. The van der Waals surface area contributed by atoms with Crippen molar-refractivity contribution >= 4 is 40.1 Å². The summed E-state index contributed by atoms with van der Waals surface area (Å²) >= 11 is 6.98. The van der Waals surface area contributed by atoms with Gasteiger partial charge in [0.25, 0.3) is 0 Å². The van der Waals surface area contributed by atoms with Gasteiger partial charge in [-0.15, -0.1) is 11.3 Å². The monoisotopic (exact) mass is 490 g/mol. The van der Waals surface area contributed by atoms with Crippen molar-refractivity contribution < 1.29 is 9.53 Å². The summed E-state index contributed by atoms with van der Waals surface area (Å²) in [5.41, 5.74) is 3.53. The second kappa shape index (κ2) is 9.62. The highest BCUT2D eigenvalue weighted by Gasteiger charge is 2.12. The SMILES string of the molecule is CCOc1ccc(-c2n[nH]c(=S)n2CCC(=O)Nc2ccc(-c3cn4ccsc4n3)cc2)cc1. The van der Waals surface area contributed by atoms with E-state index in [-0.39, 0.29) is 12.3 Å². The molecule has 2 aromatic carbocycles. The first-order valence-corrected chi connectivity index (χ1v) is 12.1. The molecular formula is C24H22N6O2S2. The van der Waals surface area contributed by atoms with Crippen LogP contribution in [0.4, 0.5) is 5.69 Å². The first-order valence-electron chi connectivity index (χ1n) is 10.8. The van der Waals surface area contributed by atoms with E-state index in [2.05, 4.69) is 20.5 Å². The molecule has 10 heteroatoms. The van der Waals surface area contributed by atoms with Crippen LogP contribution in [0.25, 0.3) is 27.6 Å². The van der Waals surface area contributed by atoms with E-state index < -0.39 is 0 Å². The Labute approximate surface area is 204 Å². The lowest BCUT2D eigenvalue weighted by atomic mass is 10.1. The van der Waals surface area contributed by atoms with E-state index >= 15 is 0 Å². The van der Waals surface area contributed by atoms with Crippen LogP contribution in [-0.2, 0) is 11.3 Å². The van der Waals surface area contributed by atoms with Crippen molar-refractivity contribution in [3.63, 3.8) is 0 Å². The number of fused-ring (bicyclic) bond motifs is 1. The van der Waals surface area contributed by atoms with E-state index in [1.165, 1.54) is 0 Å². The number of nitrogens with zero attached hydrogens (tertiary/aromatic N) is 4. The average Bonchev–Trinajstić information content (AvgIpc) is 3.54. The predicted molar refractivity (Wildman–Crippen MR) is 136 cm³/mol. The van der Waals surface area contributed by atoms with Crippen molar-refractivity contribution in [2.75, 3.05) is 11.9 Å². The number of rotatable bonds is 8. The van der Waals surface area contributed by atoms with Gasteiger partial charge in [0.05, 0.1) is 12.3 Å². The van der Waals surface area contributed by atoms with Crippen molar-refractivity contribution in [1.82, 2.24) is 24.1 Å². The molecule has 1 amide bonds. The highest BCUT2D eigenvalue weighted by molar-refractivity contribution is 7.71. The summed E-state index contributed by atoms with van der Waals surface area (Å²) in [4.78, 5) is 18.2. The number of hydrogen-bond donors (Lipinski definition) is 2. The summed E-state index contributed by atoms with van der Waals surface area (Å²) in [7, 11) is 0. The van der Waals surface area contributed by atoms with Gasteiger partial charge in [0.1, 0.15) is 5.75 Å². The minimum atomic E-state index is -0.101. The minimum Gasteiger partial charge on any atom is -0.494 e. The van der Waals surface area contributed by atoms with Gasteiger partial charge in [-0.2, -0.15) is 5.10 Å². The van der Waals surface area contributed by atoms with Gasteiger partial charge < -0.3 is 10.1 Å². The van der Waals surface area contributed by atoms with E-state index in [4.69, 9.17) is 17.0 Å². The zero-order valence-electron chi connectivity index (χ0n) is 18.4. The Morgan fingerprint density at radius 2 is 1.91 bits per heavy atom. The van der Waals surface area contributed by atoms with E-state index in [1.54, 1.807) is 11.3 Å². The summed E-state index contributed by atoms with van der Waals surface area (Å²) in [6.07, 6.45) is 4.24. The van der Waals surface area contributed by atoms with Crippen molar-refractivity contribution in [1.29, 1.82) is 0 Å². The molecule has 0 bridgehead atoms. The number of nitrogens with one attached hydrogen (secondary N) is 2. The average molecular weight is 491 g/mol. The highest BCUT2D eigenvalue weighted by atomic mass is 32.1. The third-order valence-corrected chi connectivity index (χ3v) is 6.38. The summed E-state index contributed by atoms with van der Waals surface area (Å²) in [5.74, 6) is 1.38. The normalized spacial score (nSPS) is 11.1. The van der Waals surface area contributed by atoms with Crippen molar-refractivity contribution in [3.8, 4) is 28.4 Å². The third kappa shape index (κ3) is 4.63. The summed E-state index contributed by atoms with van der Waals surface area (Å²) in [6, 6.07) is 15.3. The summed E-state index contributed by atoms with van der Waals surface area (Å²) < 4.78 is 9.80. The molecule has 5 aromatic rings. The van der Waals surface area contributed by atoms with Gasteiger partial charge >= 0.3 is 0 Å². The molecular weight excluding hydrogens is 468 g/mol. The van der Waals surface area contributed by atoms with Crippen LogP contribution in [0.2, 0.25) is 0 Å². The van der Waals surface area contributed by atoms with Gasteiger partial charge in [0.2, 0.25) is 5.91 Å². The lowest BCUT2D eigenvalue weighted by Gasteiger charge is -2.09. The summed E-state index contributed by atoms with van der Waals surface area (Å²) in [6.45, 7) is 2.96. The molecule has 0 saturated carbocycles. The molecule has 0 spiro atoms. The van der Waals surface area contributed by atoms with Crippen LogP contribution in [0.3, 0.4) is 0 Å². The highest BCUT2D eigenvalue weighted by Crippen LogP contribution is 2.24. The Bertz CT molecular complexity index is 1450. The Morgan fingerprint density at radius 1 is 1.15 bits per heavy atom. The van der Waals surface area contributed by atoms with Gasteiger partial charge in [-0.05, 0) is 55.5 Å². The van der Waals surface area contributed by atoms with E-state index in [0.717, 1.165) is 33.2 Å². The first-order chi connectivity index (χ1) is 16.6. The Hall–Kier alpha value is -3.76. The van der Waals surface area contributed by atoms with Gasteiger partial charge in [-0.25, -0.2) is 4.98 Å². The van der Waals surface area contributed by atoms with E-state index in [9.17, 15) is 4.79 Å². The van der Waals surface area contributed by atoms with Crippen molar-refractivity contribution in [3.05, 3.63) is 71.1 Å². The number of benzene rings is 2. The van der Waals surface area contributed by atoms with Crippen LogP contribution >= 0.6 is 23.6 Å². The number of carbonyl (C=O) groups excluding carboxylic acids is 1. The molecule has 3 heterocycles. The lowest BCUT2D eigenvalue weighted by molar-refractivity contribution is -0.116. The standard InChI is InChI=1S/C24H22N6O2S2/c1-2-32-19-9-5-17(6-10-19)22-27-28-23(33)30(22)12-11-21(31)25-18-7-3-16(4-8-18)20-15-29-13-14-34-24(29)26-20/h3-10,13-15H,2,11-12H2,1H3,(H,25,31)(H,28,33). The summed E-state index contributed by atoms with van der Waals surface area (Å²) in [5, 5.41) is 12.1. The number of hydrogen-bond acceptors (Lipinski definition) is 6. The number of amides is 1. The fourth-order valence-corrected chi connectivity index (χ4v) is 4.56. The van der Waals surface area contributed by atoms with Gasteiger partial charge in [-0.3, -0.25) is 18.9 Å². The largest absolute Gasteiger partial charge is 0.494 e. The van der Waals surface area contributed by atoms with Crippen LogP contribution in [0, 0.1) is 4.77 Å². The molecule has 8 nitrogen and oxygen atoms in total. The number of imidazole rings is 1. The molecule has 0 fully saturated rings. The fourth-order valence-electron chi connectivity index (χ4n) is 3.64. The van der Waals surface area contributed by atoms with Gasteiger partial charge in [0.15, 0.2) is 15.6 Å². The lowest BCUT2D eigenvalue weighted by Crippen LogP contribution is -2.15. The molecule has 0 radical (unpaired) electrons. The number of ether oxygens (including phenoxy) is 1. The number of H-pyrrole nitrogens is 1. The number of aromatic nitrogens is 5. The molecule has 0 saturated heterocycles. The number of thiazole rings is 1. The van der Waals surface area contributed by atoms with Crippen LogP contribution in [0.15, 0.2) is 66.3 Å². The van der Waals surface area contributed by atoms with Gasteiger partial charge in [0, 0.05) is 47.6 Å². The molecule has 3 aromatic heterocycles. The van der Waals surface area contributed by atoms with Crippen molar-refractivity contribution in [2.45, 2.75) is 19.9 Å². The van der Waals surface area contributed by atoms with E-state index in [0.29, 0.717) is 23.7 Å². The molecule has 0 atom stereocenters. The second-order valence-electron chi connectivity index (χ2n) is 7.56. The van der Waals surface area contributed by atoms with Crippen LogP contribution < -0.4 is 10.1 Å². The van der Waals surface area contributed by atoms with Crippen LogP contribution in [-0.4, -0.2) is 36.7 Å². The Kier molecular flexibility index (Phi) is 6.24. The maximum absolute atomic E-state index is 12.6. The van der Waals surface area contributed by atoms with E-state index in [1.807, 2.05) is 82.2 Å². The zero-order chi connectivity index (χ0) is 23.5. The Balaban J connectivity index is 1.22. The van der Waals surface area contributed by atoms with Crippen LogP contribution in [0.1, 0.15) is 13.3 Å². The maximum atomic E-state index is 12.6. The minimum absolute atomic E-state index is 0.101. The molecule has 0 aliphatic rings. The van der Waals surface area contributed by atoms with Crippen molar-refractivity contribution in [2.24, 2.45) is 0 Å². The molecule has 0 aliphatic heterocycles. The molecule has 172 valence electrons. The zero-order valence-corrected chi connectivity index (χ0v) is 20.0. The fraction of sp³-hybridized carbons (Fsp3) is 0.167. The molecule has 5 rings (SSSR count). The first kappa shape index (κ1) is 22.1. The quantitative estimate of drug-likeness (QED) is 0.284. The second-order valence-corrected chi connectivity index (χ2v) is 8.82. The van der Waals surface area contributed by atoms with Gasteiger partial charge in [-0.1, -0.05) is 12.1 Å². The topological polar surface area (TPSA) is 89.2 Å².